The van der Waals surface area contributed by atoms with Gasteiger partial charge in [-0.15, -0.1) is 0 Å². The largest absolute Gasteiger partial charge is 0.349 e. The number of likely N-dealkylation sites (tertiary alicyclic amines) is 1. The lowest BCUT2D eigenvalue weighted by Gasteiger charge is -2.26. The van der Waals surface area contributed by atoms with Crippen LogP contribution in [0.25, 0.3) is 0 Å². The summed E-state index contributed by atoms with van der Waals surface area (Å²) in [5.41, 5.74) is 2.49. The van der Waals surface area contributed by atoms with Crippen molar-refractivity contribution in [3.63, 3.8) is 0 Å². The number of benzene rings is 1. The van der Waals surface area contributed by atoms with E-state index in [1.54, 1.807) is 0 Å². The van der Waals surface area contributed by atoms with Crippen molar-refractivity contribution in [3.05, 3.63) is 47.5 Å². The predicted octanol–water partition coefficient (Wildman–Crippen LogP) is 2.52. The fourth-order valence-electron chi connectivity index (χ4n) is 4.47. The molecule has 0 radical (unpaired) electrons. The van der Waals surface area contributed by atoms with E-state index in [9.17, 15) is 14.4 Å². The summed E-state index contributed by atoms with van der Waals surface area (Å²) in [5, 5.41) is 3.09. The highest BCUT2D eigenvalue weighted by Crippen LogP contribution is 2.35. The topological polar surface area (TPSA) is 66.5 Å². The van der Waals surface area contributed by atoms with Gasteiger partial charge in [-0.1, -0.05) is 36.4 Å². The van der Waals surface area contributed by atoms with Crippen molar-refractivity contribution >= 4 is 17.7 Å². The van der Waals surface area contributed by atoms with Crippen LogP contribution in [0, 0.1) is 11.8 Å². The minimum Gasteiger partial charge on any atom is -0.349 e. The number of fused-ring (bicyclic) bond motifs is 2. The summed E-state index contributed by atoms with van der Waals surface area (Å²) < 4.78 is 0. The summed E-state index contributed by atoms with van der Waals surface area (Å²) in [4.78, 5) is 38.6. The van der Waals surface area contributed by atoms with Crippen LogP contribution in [0.1, 0.15) is 49.3 Å². The van der Waals surface area contributed by atoms with Crippen LogP contribution in [0.3, 0.4) is 0 Å². The molecule has 1 fully saturated rings. The molecule has 1 heterocycles. The molecule has 5 heteroatoms. The van der Waals surface area contributed by atoms with E-state index >= 15 is 0 Å². The maximum Gasteiger partial charge on any atom is 0.233 e. The van der Waals surface area contributed by atoms with Crippen molar-refractivity contribution in [1.29, 1.82) is 0 Å². The standard InChI is InChI=1S/C21H24N2O3/c24-19(22-18-11-5-7-14-6-1-2-8-15(14)18)12-13-23-20(25)16-9-3-4-10-17(16)21(23)26/h1-4,6,8,16-18H,5,7,9-13H2,(H,22,24)/t16-,17+,18-/m1/s1. The highest BCUT2D eigenvalue weighted by Gasteiger charge is 2.46. The van der Waals surface area contributed by atoms with Crippen LogP contribution in [-0.4, -0.2) is 29.2 Å². The molecule has 1 aromatic rings. The first kappa shape index (κ1) is 17.0. The van der Waals surface area contributed by atoms with Crippen LogP contribution in [0.4, 0.5) is 0 Å². The molecule has 5 nitrogen and oxygen atoms in total. The Balaban J connectivity index is 1.35. The van der Waals surface area contributed by atoms with Crippen molar-refractivity contribution in [3.8, 4) is 0 Å². The lowest BCUT2D eigenvalue weighted by atomic mass is 9.85. The minimum absolute atomic E-state index is 0.0317. The van der Waals surface area contributed by atoms with Crippen molar-refractivity contribution in [2.24, 2.45) is 11.8 Å². The summed E-state index contributed by atoms with van der Waals surface area (Å²) in [6.45, 7) is 0.185. The number of hydrogen-bond acceptors (Lipinski definition) is 3. The van der Waals surface area contributed by atoms with E-state index in [4.69, 9.17) is 0 Å². The smallest absolute Gasteiger partial charge is 0.233 e. The maximum atomic E-state index is 12.5. The predicted molar refractivity (Wildman–Crippen MR) is 97.0 cm³/mol. The number of carbonyl (C=O) groups excluding carboxylic acids is 3. The van der Waals surface area contributed by atoms with Crippen LogP contribution in [0.2, 0.25) is 0 Å². The Kier molecular flexibility index (Phi) is 4.62. The average Bonchev–Trinajstić information content (AvgIpc) is 2.91. The second-order valence-corrected chi connectivity index (χ2v) is 7.45. The van der Waals surface area contributed by atoms with Crippen LogP contribution in [0.5, 0.6) is 0 Å². The lowest BCUT2D eigenvalue weighted by molar-refractivity contribution is -0.140. The summed E-state index contributed by atoms with van der Waals surface area (Å²) >= 11 is 0. The van der Waals surface area contributed by atoms with E-state index in [1.807, 2.05) is 24.3 Å². The van der Waals surface area contributed by atoms with Gasteiger partial charge in [-0.25, -0.2) is 0 Å². The number of allylic oxidation sites excluding steroid dienone is 2. The van der Waals surface area contributed by atoms with Crippen LogP contribution in [0.15, 0.2) is 36.4 Å². The first-order valence-corrected chi connectivity index (χ1v) is 9.52. The summed E-state index contributed by atoms with van der Waals surface area (Å²) in [6.07, 6.45) is 8.43. The number of amides is 3. The van der Waals surface area contributed by atoms with Gasteiger partial charge in [0.1, 0.15) is 0 Å². The summed E-state index contributed by atoms with van der Waals surface area (Å²) in [5.74, 6) is -0.762. The normalized spacial score (nSPS) is 27.2. The van der Waals surface area contributed by atoms with Crippen LogP contribution >= 0.6 is 0 Å². The molecule has 0 saturated carbocycles. The van der Waals surface area contributed by atoms with E-state index in [0.717, 1.165) is 19.3 Å². The Morgan fingerprint density at radius 3 is 2.50 bits per heavy atom. The Hall–Kier alpha value is -2.43. The zero-order chi connectivity index (χ0) is 18.1. The van der Waals surface area contributed by atoms with Crippen LogP contribution < -0.4 is 5.32 Å². The zero-order valence-electron chi connectivity index (χ0n) is 14.8. The fourth-order valence-corrected chi connectivity index (χ4v) is 4.47. The van der Waals surface area contributed by atoms with Gasteiger partial charge < -0.3 is 5.32 Å². The van der Waals surface area contributed by atoms with Crippen molar-refractivity contribution in [2.45, 2.75) is 44.6 Å². The molecule has 2 aliphatic carbocycles. The van der Waals surface area contributed by atoms with Crippen LogP contribution in [-0.2, 0) is 20.8 Å². The van der Waals surface area contributed by atoms with Gasteiger partial charge >= 0.3 is 0 Å². The molecule has 26 heavy (non-hydrogen) atoms. The lowest BCUT2D eigenvalue weighted by Crippen LogP contribution is -2.37. The molecule has 1 N–H and O–H groups in total. The second kappa shape index (κ2) is 7.06. The first-order valence-electron chi connectivity index (χ1n) is 9.52. The molecule has 136 valence electrons. The maximum absolute atomic E-state index is 12.5. The summed E-state index contributed by atoms with van der Waals surface area (Å²) in [7, 11) is 0. The molecule has 0 aromatic heterocycles. The van der Waals surface area contributed by atoms with E-state index < -0.39 is 0 Å². The number of hydrogen-bond donors (Lipinski definition) is 1. The van der Waals surface area contributed by atoms with Gasteiger partial charge in [-0.2, -0.15) is 0 Å². The minimum atomic E-state index is -0.221. The van der Waals surface area contributed by atoms with E-state index in [-0.39, 0.29) is 48.6 Å². The fraction of sp³-hybridized carbons (Fsp3) is 0.476. The molecule has 3 atom stereocenters. The summed E-state index contributed by atoms with van der Waals surface area (Å²) in [6, 6.07) is 8.25. The molecule has 0 unspecified atom stereocenters. The monoisotopic (exact) mass is 352 g/mol. The zero-order valence-corrected chi connectivity index (χ0v) is 14.8. The number of carbonyl (C=O) groups is 3. The Bertz CT molecular complexity index is 744. The molecule has 1 aliphatic heterocycles. The van der Waals surface area contributed by atoms with Gasteiger partial charge in [0.05, 0.1) is 17.9 Å². The number of rotatable bonds is 4. The number of nitrogens with zero attached hydrogens (tertiary/aromatic N) is 1. The van der Waals surface area contributed by atoms with Crippen molar-refractivity contribution in [2.75, 3.05) is 6.54 Å². The van der Waals surface area contributed by atoms with E-state index in [0.29, 0.717) is 12.8 Å². The third kappa shape index (κ3) is 3.06. The molecular formula is C21H24N2O3. The van der Waals surface area contributed by atoms with E-state index in [1.165, 1.54) is 16.0 Å². The highest BCUT2D eigenvalue weighted by molar-refractivity contribution is 6.05. The molecule has 4 rings (SSSR count). The highest BCUT2D eigenvalue weighted by atomic mass is 16.2. The van der Waals surface area contributed by atoms with Gasteiger partial charge in [-0.05, 0) is 43.2 Å². The number of imide groups is 1. The van der Waals surface area contributed by atoms with Gasteiger partial charge in [0.15, 0.2) is 0 Å². The molecule has 1 aromatic carbocycles. The van der Waals surface area contributed by atoms with Gasteiger partial charge in [0.25, 0.3) is 0 Å². The quantitative estimate of drug-likeness (QED) is 0.669. The van der Waals surface area contributed by atoms with Gasteiger partial charge in [-0.3, -0.25) is 19.3 Å². The average molecular weight is 352 g/mol. The van der Waals surface area contributed by atoms with Gasteiger partial charge in [0.2, 0.25) is 17.7 Å². The molecule has 3 aliphatic rings. The number of nitrogens with one attached hydrogen (secondary N) is 1. The first-order chi connectivity index (χ1) is 12.6. The second-order valence-electron chi connectivity index (χ2n) is 7.45. The molecule has 1 saturated heterocycles. The van der Waals surface area contributed by atoms with Gasteiger partial charge in [0, 0.05) is 13.0 Å². The van der Waals surface area contributed by atoms with Crippen molar-refractivity contribution in [1.82, 2.24) is 10.2 Å². The molecule has 3 amide bonds. The number of aryl methyl sites for hydroxylation is 1. The Morgan fingerprint density at radius 2 is 1.77 bits per heavy atom. The Morgan fingerprint density at radius 1 is 1.08 bits per heavy atom. The van der Waals surface area contributed by atoms with Crippen molar-refractivity contribution < 1.29 is 14.4 Å². The Labute approximate surface area is 153 Å². The molecule has 0 bridgehead atoms. The van der Waals surface area contributed by atoms with E-state index in [2.05, 4.69) is 17.4 Å². The molecule has 0 spiro atoms. The third-order valence-electron chi connectivity index (χ3n) is 5.87. The molecular weight excluding hydrogens is 328 g/mol. The SMILES string of the molecule is O=C(CCN1C(=O)[C@H]2CC=CC[C@H]2C1=O)N[C@@H]1CCCc2ccccc21. The third-order valence-corrected chi connectivity index (χ3v) is 5.87.